The molecule has 2 fully saturated rings. The highest BCUT2D eigenvalue weighted by Crippen LogP contribution is 2.45. The maximum Gasteiger partial charge on any atom is 0.277 e. The van der Waals surface area contributed by atoms with Gasteiger partial charge < -0.3 is 10.8 Å². The average molecular weight is 599 g/mol. The number of benzene rings is 3. The molecule has 1 atom stereocenters. The number of rotatable bonds is 9. The topological polar surface area (TPSA) is 156 Å². The zero-order valence-electron chi connectivity index (χ0n) is 22.9. The van der Waals surface area contributed by atoms with Gasteiger partial charge in [-0.1, -0.05) is 30.3 Å². The van der Waals surface area contributed by atoms with Crippen molar-refractivity contribution in [2.45, 2.75) is 47.9 Å². The van der Waals surface area contributed by atoms with E-state index < -0.39 is 43.9 Å². The normalized spacial score (nSPS) is 15.5. The summed E-state index contributed by atoms with van der Waals surface area (Å²) in [5.41, 5.74) is 6.29. The van der Waals surface area contributed by atoms with Crippen molar-refractivity contribution in [3.63, 3.8) is 0 Å². The minimum atomic E-state index is -4.57. The van der Waals surface area contributed by atoms with Crippen molar-refractivity contribution in [2.24, 2.45) is 17.6 Å². The standard InChI is InChI=1S/C32H27FN4O5S/c33-23-10-13-25(26(16-23)30(35)38)20-8-11-24(12-9-20)43(41,42)29-31(39)36-27(15-18-4-5-18)37(32(29)40)28(21-6-7-21)22-3-1-2-19(14-22)17-34/h1-3,8-14,16,18,21,28,39H,4-7,15H2,(H2,35,38). The van der Waals surface area contributed by atoms with Crippen LogP contribution in [0.25, 0.3) is 11.1 Å². The average Bonchev–Trinajstić information content (AvgIpc) is 3.91. The lowest BCUT2D eigenvalue weighted by molar-refractivity contribution is 0.100. The van der Waals surface area contributed by atoms with Crippen molar-refractivity contribution in [1.82, 2.24) is 9.55 Å². The van der Waals surface area contributed by atoms with E-state index in [0.29, 0.717) is 34.5 Å². The van der Waals surface area contributed by atoms with Gasteiger partial charge in [0, 0.05) is 12.0 Å². The van der Waals surface area contributed by atoms with E-state index in [2.05, 4.69) is 11.1 Å². The lowest BCUT2D eigenvalue weighted by Crippen LogP contribution is -2.34. The summed E-state index contributed by atoms with van der Waals surface area (Å²) >= 11 is 0. The van der Waals surface area contributed by atoms with Crippen LogP contribution < -0.4 is 11.3 Å². The number of aromatic nitrogens is 2. The first-order valence-electron chi connectivity index (χ1n) is 13.9. The van der Waals surface area contributed by atoms with Crippen LogP contribution in [0.1, 0.15) is 59.0 Å². The van der Waals surface area contributed by atoms with Crippen molar-refractivity contribution in [3.8, 4) is 23.1 Å². The molecular weight excluding hydrogens is 571 g/mol. The van der Waals surface area contributed by atoms with Crippen LogP contribution in [0.5, 0.6) is 5.88 Å². The molecule has 4 aromatic rings. The molecule has 43 heavy (non-hydrogen) atoms. The molecule has 0 bridgehead atoms. The van der Waals surface area contributed by atoms with Gasteiger partial charge in [0.05, 0.1) is 22.6 Å². The van der Waals surface area contributed by atoms with Crippen LogP contribution in [0.3, 0.4) is 0 Å². The van der Waals surface area contributed by atoms with Crippen molar-refractivity contribution < 1.29 is 22.7 Å². The molecule has 1 amide bonds. The van der Waals surface area contributed by atoms with E-state index in [4.69, 9.17) is 5.73 Å². The van der Waals surface area contributed by atoms with Gasteiger partial charge >= 0.3 is 0 Å². The molecule has 9 nitrogen and oxygen atoms in total. The second-order valence-corrected chi connectivity index (χ2v) is 13.0. The van der Waals surface area contributed by atoms with Gasteiger partial charge in [0.25, 0.3) is 5.56 Å². The fraction of sp³-hybridized carbons (Fsp3) is 0.250. The first-order valence-corrected chi connectivity index (χ1v) is 15.4. The third-order valence-corrected chi connectivity index (χ3v) is 9.78. The Kier molecular flexibility index (Phi) is 7.10. The summed E-state index contributed by atoms with van der Waals surface area (Å²) in [5.74, 6) is -1.72. The maximum absolute atomic E-state index is 14.2. The van der Waals surface area contributed by atoms with Crippen LogP contribution in [0.15, 0.2) is 81.3 Å². The van der Waals surface area contributed by atoms with Crippen LogP contribution in [0, 0.1) is 29.0 Å². The van der Waals surface area contributed by atoms with Crippen molar-refractivity contribution >= 4 is 15.7 Å². The van der Waals surface area contributed by atoms with Crippen LogP contribution in [-0.2, 0) is 16.3 Å². The summed E-state index contributed by atoms with van der Waals surface area (Å²) in [6, 6.07) is 17.3. The molecule has 0 aliphatic heterocycles. The number of hydrogen-bond donors (Lipinski definition) is 2. The highest BCUT2D eigenvalue weighted by molar-refractivity contribution is 7.91. The Hall–Kier alpha value is -4.82. The second-order valence-electron chi connectivity index (χ2n) is 11.1. The van der Waals surface area contributed by atoms with Crippen LogP contribution in [0.4, 0.5) is 4.39 Å². The first kappa shape index (κ1) is 28.3. The Morgan fingerprint density at radius 3 is 2.44 bits per heavy atom. The number of nitrogens with zero attached hydrogens (tertiary/aromatic N) is 3. The number of amides is 1. The molecule has 0 radical (unpaired) electrons. The molecule has 1 unspecified atom stereocenters. The molecule has 2 aliphatic carbocycles. The van der Waals surface area contributed by atoms with E-state index in [1.165, 1.54) is 34.9 Å². The van der Waals surface area contributed by atoms with E-state index in [9.17, 15) is 32.8 Å². The summed E-state index contributed by atoms with van der Waals surface area (Å²) in [5, 5.41) is 20.4. The number of aromatic hydroxyl groups is 1. The Morgan fingerprint density at radius 2 is 1.81 bits per heavy atom. The molecule has 11 heteroatoms. The smallest absolute Gasteiger partial charge is 0.277 e. The number of nitrogens with two attached hydrogens (primary N) is 1. The van der Waals surface area contributed by atoms with Crippen molar-refractivity contribution in [2.75, 3.05) is 0 Å². The molecule has 3 aromatic carbocycles. The molecule has 1 heterocycles. The molecule has 6 rings (SSSR count). The largest absolute Gasteiger partial charge is 0.492 e. The number of carbonyl (C=O) groups excluding carboxylic acids is 1. The van der Waals surface area contributed by atoms with Gasteiger partial charge in [-0.3, -0.25) is 14.2 Å². The molecule has 0 spiro atoms. The van der Waals surface area contributed by atoms with E-state index in [1.54, 1.807) is 18.2 Å². The Balaban J connectivity index is 1.47. The third kappa shape index (κ3) is 5.42. The fourth-order valence-electron chi connectivity index (χ4n) is 5.54. The predicted octanol–water partition coefficient (Wildman–Crippen LogP) is 4.51. The highest BCUT2D eigenvalue weighted by Gasteiger charge is 2.39. The predicted molar refractivity (Wildman–Crippen MR) is 154 cm³/mol. The van der Waals surface area contributed by atoms with Gasteiger partial charge in [-0.25, -0.2) is 12.8 Å². The summed E-state index contributed by atoms with van der Waals surface area (Å²) in [7, 11) is -4.57. The zero-order valence-corrected chi connectivity index (χ0v) is 23.7. The van der Waals surface area contributed by atoms with Gasteiger partial charge in [0.2, 0.25) is 21.6 Å². The minimum absolute atomic E-state index is 0.0425. The van der Waals surface area contributed by atoms with Crippen molar-refractivity contribution in [1.29, 1.82) is 5.26 Å². The van der Waals surface area contributed by atoms with E-state index in [0.717, 1.165) is 37.8 Å². The monoisotopic (exact) mass is 598 g/mol. The Bertz CT molecular complexity index is 1970. The third-order valence-electron chi connectivity index (χ3n) is 7.99. The summed E-state index contributed by atoms with van der Waals surface area (Å²) in [6.07, 6.45) is 3.95. The van der Waals surface area contributed by atoms with Gasteiger partial charge in [0.15, 0.2) is 4.90 Å². The molecule has 3 N–H and O–H groups in total. The minimum Gasteiger partial charge on any atom is -0.492 e. The molecular formula is C32H27FN4O5S. The zero-order chi connectivity index (χ0) is 30.5. The van der Waals surface area contributed by atoms with E-state index >= 15 is 0 Å². The number of halogens is 1. The number of primary amides is 1. The molecule has 218 valence electrons. The molecule has 2 aliphatic rings. The number of sulfone groups is 1. The summed E-state index contributed by atoms with van der Waals surface area (Å²) < 4.78 is 43.0. The SMILES string of the molecule is N#Cc1cccc(C(C2CC2)n2c(CC3CC3)nc(O)c(S(=O)(=O)c3ccc(-c4ccc(F)cc4C(N)=O)cc3)c2=O)c1. The first-order chi connectivity index (χ1) is 20.6. The van der Waals surface area contributed by atoms with Crippen LogP contribution in [0.2, 0.25) is 0 Å². The Morgan fingerprint density at radius 1 is 1.09 bits per heavy atom. The molecule has 0 saturated heterocycles. The lowest BCUT2D eigenvalue weighted by Gasteiger charge is -2.24. The van der Waals surface area contributed by atoms with Gasteiger partial charge in [0.1, 0.15) is 11.6 Å². The maximum atomic E-state index is 14.2. The molecule has 1 aromatic heterocycles. The van der Waals surface area contributed by atoms with E-state index in [1.807, 2.05) is 6.07 Å². The van der Waals surface area contributed by atoms with Gasteiger partial charge in [-0.2, -0.15) is 10.2 Å². The fourth-order valence-corrected chi connectivity index (χ4v) is 6.88. The Labute approximate surface area is 247 Å². The number of hydrogen-bond acceptors (Lipinski definition) is 7. The van der Waals surface area contributed by atoms with E-state index in [-0.39, 0.29) is 22.3 Å². The number of nitriles is 1. The molecule has 2 saturated carbocycles. The summed E-state index contributed by atoms with van der Waals surface area (Å²) in [4.78, 5) is 29.3. The second kappa shape index (κ2) is 10.8. The van der Waals surface area contributed by atoms with Gasteiger partial charge in [-0.15, -0.1) is 0 Å². The van der Waals surface area contributed by atoms with Gasteiger partial charge in [-0.05, 0) is 90.6 Å². The van der Waals surface area contributed by atoms with Crippen LogP contribution >= 0.6 is 0 Å². The van der Waals surface area contributed by atoms with Crippen LogP contribution in [-0.4, -0.2) is 29.0 Å². The quantitative estimate of drug-likeness (QED) is 0.287. The number of carbonyl (C=O) groups is 1. The highest BCUT2D eigenvalue weighted by atomic mass is 32.2. The lowest BCUT2D eigenvalue weighted by atomic mass is 9.99. The van der Waals surface area contributed by atoms with Crippen molar-refractivity contribution in [3.05, 3.63) is 105 Å². The summed E-state index contributed by atoms with van der Waals surface area (Å²) in [6.45, 7) is 0.